The molecular weight excluding hydrogens is 422 g/mol. The van der Waals surface area contributed by atoms with E-state index in [4.69, 9.17) is 4.74 Å². The number of hydrogen-bond acceptors (Lipinski definition) is 6. The predicted molar refractivity (Wildman–Crippen MR) is 120 cm³/mol. The molecule has 5 rings (SSSR count). The second-order valence-electron chi connectivity index (χ2n) is 8.40. The van der Waals surface area contributed by atoms with Crippen LogP contribution in [0, 0.1) is 5.92 Å². The average molecular weight is 445 g/mol. The smallest absolute Gasteiger partial charge is 0.258 e. The molecule has 3 aromatic rings. The van der Waals surface area contributed by atoms with Gasteiger partial charge in [0.25, 0.3) is 17.4 Å². The molecule has 9 nitrogen and oxygen atoms in total. The highest BCUT2D eigenvalue weighted by molar-refractivity contribution is 6.04. The van der Waals surface area contributed by atoms with Gasteiger partial charge in [-0.1, -0.05) is 0 Å². The van der Waals surface area contributed by atoms with Crippen LogP contribution in [0.3, 0.4) is 0 Å². The molecule has 2 aliphatic rings. The second-order valence-corrected chi connectivity index (χ2v) is 8.40. The van der Waals surface area contributed by atoms with Gasteiger partial charge < -0.3 is 19.5 Å². The highest BCUT2D eigenvalue weighted by Gasteiger charge is 2.38. The van der Waals surface area contributed by atoms with Crippen LogP contribution in [-0.2, 0) is 6.54 Å². The summed E-state index contributed by atoms with van der Waals surface area (Å²) in [7, 11) is 1.59. The SMILES string of the molecule is COc1ccc(C(=O)N2C[C@@H]3C[C@H](C2)c2c(NC(=O)c4cncnc4)ccc(=O)n2C3)cc1. The van der Waals surface area contributed by atoms with Gasteiger partial charge in [0.1, 0.15) is 12.1 Å². The first-order valence-electron chi connectivity index (χ1n) is 10.8. The number of anilines is 1. The van der Waals surface area contributed by atoms with Gasteiger partial charge in [0.15, 0.2) is 0 Å². The van der Waals surface area contributed by atoms with Crippen molar-refractivity contribution >= 4 is 17.5 Å². The summed E-state index contributed by atoms with van der Waals surface area (Å²) in [4.78, 5) is 48.2. The number of hydrogen-bond donors (Lipinski definition) is 1. The van der Waals surface area contributed by atoms with Crippen LogP contribution in [0.15, 0.2) is 59.9 Å². The zero-order valence-corrected chi connectivity index (χ0v) is 18.1. The summed E-state index contributed by atoms with van der Waals surface area (Å²) in [6, 6.07) is 10.2. The molecule has 2 amide bonds. The highest BCUT2D eigenvalue weighted by atomic mass is 16.5. The van der Waals surface area contributed by atoms with Gasteiger partial charge in [-0.2, -0.15) is 0 Å². The van der Waals surface area contributed by atoms with E-state index in [9.17, 15) is 14.4 Å². The van der Waals surface area contributed by atoms with Crippen molar-refractivity contribution in [3.8, 4) is 5.75 Å². The second kappa shape index (κ2) is 8.50. The van der Waals surface area contributed by atoms with Crippen LogP contribution in [0.2, 0.25) is 0 Å². The van der Waals surface area contributed by atoms with Gasteiger partial charge in [-0.05, 0) is 42.7 Å². The Labute approximate surface area is 190 Å². The zero-order chi connectivity index (χ0) is 22.9. The summed E-state index contributed by atoms with van der Waals surface area (Å²) in [6.45, 7) is 1.57. The number of fused-ring (bicyclic) bond motifs is 4. The van der Waals surface area contributed by atoms with Crippen LogP contribution in [0.25, 0.3) is 0 Å². The average Bonchev–Trinajstić information content (AvgIpc) is 2.85. The summed E-state index contributed by atoms with van der Waals surface area (Å²) < 4.78 is 6.92. The zero-order valence-electron chi connectivity index (χ0n) is 18.1. The Morgan fingerprint density at radius 2 is 1.76 bits per heavy atom. The molecule has 0 aliphatic carbocycles. The van der Waals surface area contributed by atoms with Crippen molar-refractivity contribution in [3.63, 3.8) is 0 Å². The number of carbonyl (C=O) groups is 2. The lowest BCUT2D eigenvalue weighted by Crippen LogP contribution is -2.49. The number of nitrogens with one attached hydrogen (secondary N) is 1. The third-order valence-electron chi connectivity index (χ3n) is 6.29. The summed E-state index contributed by atoms with van der Waals surface area (Å²) in [5.41, 5.74) is 2.16. The third kappa shape index (κ3) is 3.97. The fourth-order valence-corrected chi connectivity index (χ4v) is 4.81. The number of rotatable bonds is 4. The van der Waals surface area contributed by atoms with Crippen LogP contribution in [0.4, 0.5) is 5.69 Å². The molecule has 33 heavy (non-hydrogen) atoms. The molecule has 2 atom stereocenters. The molecule has 1 N–H and O–H groups in total. The van der Waals surface area contributed by atoms with E-state index in [0.29, 0.717) is 42.2 Å². The highest BCUT2D eigenvalue weighted by Crippen LogP contribution is 2.39. The van der Waals surface area contributed by atoms with E-state index in [1.54, 1.807) is 42.0 Å². The van der Waals surface area contributed by atoms with Crippen LogP contribution in [0.1, 0.15) is 38.7 Å². The first-order valence-corrected chi connectivity index (χ1v) is 10.8. The molecule has 0 saturated carbocycles. The Hall–Kier alpha value is -4.01. The van der Waals surface area contributed by atoms with Gasteiger partial charge in [-0.25, -0.2) is 9.97 Å². The van der Waals surface area contributed by atoms with Gasteiger partial charge in [-0.15, -0.1) is 0 Å². The minimum atomic E-state index is -0.346. The fourth-order valence-electron chi connectivity index (χ4n) is 4.81. The van der Waals surface area contributed by atoms with E-state index >= 15 is 0 Å². The number of amides is 2. The van der Waals surface area contributed by atoms with Crippen molar-refractivity contribution in [2.24, 2.45) is 5.92 Å². The number of piperidine rings is 1. The fraction of sp³-hybridized carbons (Fsp3) is 0.292. The van der Waals surface area contributed by atoms with Gasteiger partial charge in [0, 0.05) is 55.3 Å². The Morgan fingerprint density at radius 3 is 2.48 bits per heavy atom. The molecule has 2 aliphatic heterocycles. The standard InChI is InChI=1S/C24H23N5O4/c1-33-19-4-2-16(3-5-19)24(32)28-11-15-8-17(13-28)22-20(6-7-21(30)29(22)12-15)27-23(31)18-9-25-14-26-10-18/h2-7,9-10,14-15,17H,8,11-13H2,1H3,(H,27,31)/t15-,17+/m0/s1. The van der Waals surface area contributed by atoms with E-state index in [-0.39, 0.29) is 29.2 Å². The van der Waals surface area contributed by atoms with E-state index in [1.807, 2.05) is 4.90 Å². The van der Waals surface area contributed by atoms with Crippen LogP contribution in [-0.4, -0.2) is 51.4 Å². The quantitative estimate of drug-likeness (QED) is 0.660. The molecule has 4 heterocycles. The summed E-state index contributed by atoms with van der Waals surface area (Å²) in [5.74, 6) is 0.410. The number of ether oxygens (including phenoxy) is 1. The van der Waals surface area contributed by atoms with Gasteiger partial charge in [0.2, 0.25) is 0 Å². The van der Waals surface area contributed by atoms with E-state index in [2.05, 4.69) is 15.3 Å². The minimum Gasteiger partial charge on any atom is -0.497 e. The number of benzene rings is 1. The number of pyridine rings is 1. The van der Waals surface area contributed by atoms with Crippen molar-refractivity contribution in [2.75, 3.05) is 25.5 Å². The Balaban J connectivity index is 1.43. The molecule has 1 saturated heterocycles. The molecule has 0 unspecified atom stereocenters. The molecule has 2 aromatic heterocycles. The number of aromatic nitrogens is 3. The van der Waals surface area contributed by atoms with E-state index in [0.717, 1.165) is 12.1 Å². The maximum atomic E-state index is 13.2. The molecule has 9 heteroatoms. The number of nitrogens with zero attached hydrogens (tertiary/aromatic N) is 4. The Morgan fingerprint density at radius 1 is 1.00 bits per heavy atom. The minimum absolute atomic E-state index is 0.0499. The maximum absolute atomic E-state index is 13.2. The van der Waals surface area contributed by atoms with Crippen LogP contribution in [0.5, 0.6) is 5.75 Å². The Kier molecular flexibility index (Phi) is 5.37. The van der Waals surface area contributed by atoms with Gasteiger partial charge in [-0.3, -0.25) is 14.4 Å². The lowest BCUT2D eigenvalue weighted by atomic mass is 9.82. The monoisotopic (exact) mass is 445 g/mol. The van der Waals surface area contributed by atoms with Gasteiger partial charge in [0.05, 0.1) is 18.4 Å². The van der Waals surface area contributed by atoms with Crippen molar-refractivity contribution in [3.05, 3.63) is 82.3 Å². The number of carbonyl (C=O) groups excluding carboxylic acids is 2. The molecular formula is C24H23N5O4. The van der Waals surface area contributed by atoms with E-state index in [1.165, 1.54) is 24.8 Å². The molecule has 2 bridgehead atoms. The van der Waals surface area contributed by atoms with Crippen molar-refractivity contribution in [1.82, 2.24) is 19.4 Å². The maximum Gasteiger partial charge on any atom is 0.258 e. The summed E-state index contributed by atoms with van der Waals surface area (Å²) in [6.07, 6.45) is 5.09. The Bertz CT molecular complexity index is 1260. The largest absolute Gasteiger partial charge is 0.497 e. The van der Waals surface area contributed by atoms with Crippen LogP contribution >= 0.6 is 0 Å². The molecule has 1 fully saturated rings. The van der Waals surface area contributed by atoms with Crippen molar-refractivity contribution in [1.29, 1.82) is 0 Å². The van der Waals surface area contributed by atoms with Crippen LogP contribution < -0.4 is 15.6 Å². The normalized spacial score (nSPS) is 18.9. The van der Waals surface area contributed by atoms with Crippen molar-refractivity contribution < 1.29 is 14.3 Å². The lowest BCUT2D eigenvalue weighted by molar-refractivity contribution is 0.0595. The predicted octanol–water partition coefficient (Wildman–Crippen LogP) is 2.16. The van der Waals surface area contributed by atoms with E-state index < -0.39 is 0 Å². The summed E-state index contributed by atoms with van der Waals surface area (Å²) >= 11 is 0. The summed E-state index contributed by atoms with van der Waals surface area (Å²) in [5, 5.41) is 2.91. The number of likely N-dealkylation sites (tertiary alicyclic amines) is 1. The molecule has 0 spiro atoms. The third-order valence-corrected chi connectivity index (χ3v) is 6.29. The first-order chi connectivity index (χ1) is 16.0. The first kappa shape index (κ1) is 20.9. The number of methoxy groups -OCH3 is 1. The molecule has 0 radical (unpaired) electrons. The molecule has 168 valence electrons. The lowest BCUT2D eigenvalue weighted by Gasteiger charge is -2.43. The van der Waals surface area contributed by atoms with Crippen molar-refractivity contribution in [2.45, 2.75) is 18.9 Å². The molecule has 1 aromatic carbocycles. The topological polar surface area (TPSA) is 106 Å². The van der Waals surface area contributed by atoms with Gasteiger partial charge >= 0.3 is 0 Å².